The first-order chi connectivity index (χ1) is 9.41. The van der Waals surface area contributed by atoms with Gasteiger partial charge in [-0.15, -0.1) is 0 Å². The zero-order valence-corrected chi connectivity index (χ0v) is 12.2. The largest absolute Gasteiger partial charge is 0.373 e. The lowest BCUT2D eigenvalue weighted by Crippen LogP contribution is -2.48. The fraction of sp³-hybridized carbons (Fsp3) is 0.429. The number of likely N-dealkylation sites (N-methyl/N-ethyl adjacent to an activating group) is 2. The summed E-state index contributed by atoms with van der Waals surface area (Å²) in [6.07, 6.45) is 0. The van der Waals surface area contributed by atoms with Crippen LogP contribution >= 0.6 is 0 Å². The number of anilines is 1. The number of hydrogen-bond donors (Lipinski definition) is 2. The van der Waals surface area contributed by atoms with Crippen LogP contribution in [0.25, 0.3) is 0 Å². The van der Waals surface area contributed by atoms with Crippen molar-refractivity contribution in [3.8, 4) is 0 Å². The van der Waals surface area contributed by atoms with Crippen LogP contribution < -0.4 is 16.0 Å². The van der Waals surface area contributed by atoms with Crippen LogP contribution in [-0.4, -0.2) is 50.1 Å². The molecule has 110 valence electrons. The van der Waals surface area contributed by atoms with E-state index in [0.717, 1.165) is 5.69 Å². The van der Waals surface area contributed by atoms with Crippen molar-refractivity contribution in [2.75, 3.05) is 32.1 Å². The van der Waals surface area contributed by atoms with E-state index >= 15 is 0 Å². The Labute approximate surface area is 119 Å². The lowest BCUT2D eigenvalue weighted by molar-refractivity contribution is -0.131. The lowest BCUT2D eigenvalue weighted by Gasteiger charge is -2.25. The predicted molar refractivity (Wildman–Crippen MR) is 79.5 cm³/mol. The Morgan fingerprint density at radius 3 is 2.35 bits per heavy atom. The van der Waals surface area contributed by atoms with Crippen LogP contribution in [0.15, 0.2) is 30.3 Å². The van der Waals surface area contributed by atoms with Crippen molar-refractivity contribution in [2.45, 2.75) is 13.0 Å². The Bertz CT molecular complexity index is 450. The maximum atomic E-state index is 12.0. The second kappa shape index (κ2) is 7.37. The van der Waals surface area contributed by atoms with Gasteiger partial charge in [-0.25, -0.2) is 4.79 Å². The van der Waals surface area contributed by atoms with Gasteiger partial charge in [0.2, 0.25) is 5.91 Å². The summed E-state index contributed by atoms with van der Waals surface area (Å²) in [4.78, 5) is 26.3. The number of rotatable bonds is 6. The highest BCUT2D eigenvalue weighted by Gasteiger charge is 2.18. The third kappa shape index (κ3) is 4.79. The van der Waals surface area contributed by atoms with E-state index in [1.807, 2.05) is 37.4 Å². The molecule has 1 aromatic rings. The van der Waals surface area contributed by atoms with Gasteiger partial charge < -0.3 is 20.9 Å². The minimum atomic E-state index is -0.694. The predicted octanol–water partition coefficient (Wildman–Crippen LogP) is 0.638. The van der Waals surface area contributed by atoms with Crippen LogP contribution in [-0.2, 0) is 4.79 Å². The van der Waals surface area contributed by atoms with Crippen LogP contribution in [0.5, 0.6) is 0 Å². The fourth-order valence-electron chi connectivity index (χ4n) is 1.83. The van der Waals surface area contributed by atoms with Gasteiger partial charge in [0.05, 0.1) is 0 Å². The third-order valence-corrected chi connectivity index (χ3v) is 3.07. The Morgan fingerprint density at radius 2 is 1.80 bits per heavy atom. The number of benzene rings is 1. The first-order valence-electron chi connectivity index (χ1n) is 6.49. The van der Waals surface area contributed by atoms with Crippen molar-refractivity contribution < 1.29 is 9.59 Å². The molecule has 0 saturated carbocycles. The van der Waals surface area contributed by atoms with Crippen molar-refractivity contribution in [3.63, 3.8) is 0 Å². The number of nitrogens with one attached hydrogen (secondary N) is 1. The summed E-state index contributed by atoms with van der Waals surface area (Å²) in [7, 11) is 3.68. The second-order valence-corrected chi connectivity index (χ2v) is 4.75. The summed E-state index contributed by atoms with van der Waals surface area (Å²) in [5.41, 5.74) is 6.09. The van der Waals surface area contributed by atoms with Gasteiger partial charge in [-0.3, -0.25) is 4.79 Å². The monoisotopic (exact) mass is 278 g/mol. The van der Waals surface area contributed by atoms with E-state index in [-0.39, 0.29) is 5.91 Å². The maximum absolute atomic E-state index is 12.0. The topological polar surface area (TPSA) is 78.7 Å². The molecule has 0 unspecified atom stereocenters. The Morgan fingerprint density at radius 1 is 1.20 bits per heavy atom. The summed E-state index contributed by atoms with van der Waals surface area (Å²) in [5, 5.41) is 2.38. The molecule has 0 aromatic heterocycles. The van der Waals surface area contributed by atoms with E-state index in [1.165, 1.54) is 0 Å². The molecule has 0 saturated heterocycles. The molecule has 0 fully saturated rings. The summed E-state index contributed by atoms with van der Waals surface area (Å²) in [6, 6.07) is 8.63. The molecule has 3 N–H and O–H groups in total. The van der Waals surface area contributed by atoms with Crippen LogP contribution in [0.3, 0.4) is 0 Å². The van der Waals surface area contributed by atoms with E-state index < -0.39 is 12.1 Å². The van der Waals surface area contributed by atoms with Gasteiger partial charge >= 0.3 is 6.03 Å². The summed E-state index contributed by atoms with van der Waals surface area (Å²) >= 11 is 0. The van der Waals surface area contributed by atoms with Gasteiger partial charge in [0.1, 0.15) is 6.04 Å². The first-order valence-corrected chi connectivity index (χ1v) is 6.49. The standard InChI is InChI=1S/C14H22N4O2/c1-11(16-14(15)20)13(19)18(3)10-9-17(2)12-7-5-4-6-8-12/h4-8,11H,9-10H2,1-3H3,(H3,15,16,20)/t11-/m0/s1. The molecule has 6 heteroatoms. The average molecular weight is 278 g/mol. The van der Waals surface area contributed by atoms with Crippen molar-refractivity contribution in [2.24, 2.45) is 5.73 Å². The first kappa shape index (κ1) is 15.8. The number of nitrogens with zero attached hydrogens (tertiary/aromatic N) is 2. The highest BCUT2D eigenvalue weighted by Crippen LogP contribution is 2.10. The quantitative estimate of drug-likeness (QED) is 0.801. The van der Waals surface area contributed by atoms with Gasteiger partial charge in [0.15, 0.2) is 0 Å². The van der Waals surface area contributed by atoms with Crippen molar-refractivity contribution in [1.82, 2.24) is 10.2 Å². The molecule has 1 rings (SSSR count). The molecule has 0 radical (unpaired) electrons. The second-order valence-electron chi connectivity index (χ2n) is 4.75. The van der Waals surface area contributed by atoms with Gasteiger partial charge in [0, 0.05) is 32.9 Å². The summed E-state index contributed by atoms with van der Waals surface area (Å²) < 4.78 is 0. The molecule has 20 heavy (non-hydrogen) atoms. The lowest BCUT2D eigenvalue weighted by atomic mass is 10.3. The van der Waals surface area contributed by atoms with Gasteiger partial charge in [-0.1, -0.05) is 18.2 Å². The highest BCUT2D eigenvalue weighted by molar-refractivity contribution is 5.86. The number of para-hydroxylation sites is 1. The number of hydrogen-bond acceptors (Lipinski definition) is 3. The van der Waals surface area contributed by atoms with Crippen molar-refractivity contribution in [3.05, 3.63) is 30.3 Å². The van der Waals surface area contributed by atoms with Gasteiger partial charge in [-0.05, 0) is 19.1 Å². The Hall–Kier alpha value is -2.24. The molecule has 0 heterocycles. The number of carbonyl (C=O) groups is 2. The van der Waals surface area contributed by atoms with Crippen LogP contribution in [0.4, 0.5) is 10.5 Å². The maximum Gasteiger partial charge on any atom is 0.312 e. The molecule has 0 aliphatic carbocycles. The van der Waals surface area contributed by atoms with Crippen molar-refractivity contribution in [1.29, 1.82) is 0 Å². The molecule has 0 aliphatic rings. The molecule has 6 nitrogen and oxygen atoms in total. The molecular weight excluding hydrogens is 256 g/mol. The number of primary amides is 1. The number of nitrogens with two attached hydrogens (primary N) is 1. The zero-order chi connectivity index (χ0) is 15.1. The van der Waals surface area contributed by atoms with Crippen LogP contribution in [0.1, 0.15) is 6.92 Å². The van der Waals surface area contributed by atoms with Gasteiger partial charge in [0.25, 0.3) is 0 Å². The van der Waals surface area contributed by atoms with E-state index in [0.29, 0.717) is 13.1 Å². The minimum absolute atomic E-state index is 0.162. The molecule has 1 atom stereocenters. The van der Waals surface area contributed by atoms with E-state index in [9.17, 15) is 9.59 Å². The smallest absolute Gasteiger partial charge is 0.312 e. The molecule has 3 amide bonds. The summed E-state index contributed by atoms with van der Waals surface area (Å²) in [6.45, 7) is 2.88. The molecule has 1 aromatic carbocycles. The minimum Gasteiger partial charge on any atom is -0.373 e. The normalized spacial score (nSPS) is 11.6. The Balaban J connectivity index is 2.44. The number of amides is 3. The third-order valence-electron chi connectivity index (χ3n) is 3.07. The number of urea groups is 1. The van der Waals surface area contributed by atoms with E-state index in [2.05, 4.69) is 10.2 Å². The van der Waals surface area contributed by atoms with Crippen LogP contribution in [0, 0.1) is 0 Å². The van der Waals surface area contributed by atoms with E-state index in [1.54, 1.807) is 18.9 Å². The van der Waals surface area contributed by atoms with Crippen LogP contribution in [0.2, 0.25) is 0 Å². The fourth-order valence-corrected chi connectivity index (χ4v) is 1.83. The molecule has 0 spiro atoms. The highest BCUT2D eigenvalue weighted by atomic mass is 16.2. The van der Waals surface area contributed by atoms with E-state index in [4.69, 9.17) is 5.73 Å². The number of carbonyl (C=O) groups excluding carboxylic acids is 2. The zero-order valence-electron chi connectivity index (χ0n) is 12.2. The van der Waals surface area contributed by atoms with Gasteiger partial charge in [-0.2, -0.15) is 0 Å². The molecule has 0 aliphatic heterocycles. The Kier molecular flexibility index (Phi) is 5.83. The molecular formula is C14H22N4O2. The molecule has 0 bridgehead atoms. The summed E-state index contributed by atoms with van der Waals surface area (Å²) in [5.74, 6) is -0.162. The van der Waals surface area contributed by atoms with Crippen molar-refractivity contribution >= 4 is 17.6 Å². The average Bonchev–Trinajstić information content (AvgIpc) is 2.43. The SMILES string of the molecule is C[C@H](NC(N)=O)C(=O)N(C)CCN(C)c1ccccc1.